The fraction of sp³-hybridized carbons (Fsp3) is 0.200. The lowest BCUT2D eigenvalue weighted by atomic mass is 10.1. The highest BCUT2D eigenvalue weighted by atomic mass is 32.2. The molecule has 0 bridgehead atoms. The van der Waals surface area contributed by atoms with Crippen LogP contribution in [-0.2, 0) is 10.0 Å². The third-order valence-corrected chi connectivity index (χ3v) is 6.91. The van der Waals surface area contributed by atoms with Crippen molar-refractivity contribution in [3.8, 4) is 11.3 Å². The van der Waals surface area contributed by atoms with Crippen molar-refractivity contribution in [2.24, 2.45) is 0 Å². The van der Waals surface area contributed by atoms with E-state index in [1.54, 1.807) is 12.1 Å². The Hall–Kier alpha value is -3.11. The topological polar surface area (TPSA) is 86.4 Å². The maximum atomic E-state index is 14.0. The van der Waals surface area contributed by atoms with Crippen molar-refractivity contribution in [3.63, 3.8) is 0 Å². The second-order valence-corrected chi connectivity index (χ2v) is 8.70. The average molecular weight is 432 g/mol. The number of halogens is 2. The summed E-state index contributed by atoms with van der Waals surface area (Å²) in [6, 6.07) is 10.9. The number of carbonyl (C=O) groups excluding carboxylic acids is 1. The lowest BCUT2D eigenvalue weighted by Gasteiger charge is -2.34. The fourth-order valence-electron chi connectivity index (χ4n) is 3.38. The van der Waals surface area contributed by atoms with Crippen LogP contribution in [0.25, 0.3) is 11.3 Å². The molecule has 0 aliphatic carbocycles. The number of H-pyrrole nitrogens is 1. The van der Waals surface area contributed by atoms with Gasteiger partial charge in [0.2, 0.25) is 10.0 Å². The van der Waals surface area contributed by atoms with Crippen LogP contribution in [0.3, 0.4) is 0 Å². The van der Waals surface area contributed by atoms with Crippen LogP contribution >= 0.6 is 0 Å². The van der Waals surface area contributed by atoms with E-state index in [-0.39, 0.29) is 37.0 Å². The van der Waals surface area contributed by atoms with Crippen molar-refractivity contribution in [2.45, 2.75) is 4.90 Å². The van der Waals surface area contributed by atoms with Gasteiger partial charge in [-0.1, -0.05) is 12.1 Å². The zero-order chi connectivity index (χ0) is 21.3. The van der Waals surface area contributed by atoms with Crippen molar-refractivity contribution in [1.82, 2.24) is 19.4 Å². The van der Waals surface area contributed by atoms with E-state index >= 15 is 0 Å². The molecule has 2 heterocycles. The van der Waals surface area contributed by atoms with E-state index in [0.29, 0.717) is 16.8 Å². The molecule has 0 saturated carbocycles. The van der Waals surface area contributed by atoms with Crippen LogP contribution in [-0.4, -0.2) is 59.9 Å². The van der Waals surface area contributed by atoms with Crippen molar-refractivity contribution >= 4 is 15.9 Å². The zero-order valence-corrected chi connectivity index (χ0v) is 16.6. The summed E-state index contributed by atoms with van der Waals surface area (Å²) in [6.07, 6.45) is 1.39. The van der Waals surface area contributed by atoms with E-state index in [2.05, 4.69) is 10.2 Å². The number of hydrogen-bond donors (Lipinski definition) is 1. The van der Waals surface area contributed by atoms with Crippen LogP contribution in [0.1, 0.15) is 10.4 Å². The first-order valence-corrected chi connectivity index (χ1v) is 10.6. The molecule has 1 aromatic heterocycles. The van der Waals surface area contributed by atoms with E-state index in [1.165, 1.54) is 45.7 Å². The number of aromatic amines is 1. The van der Waals surface area contributed by atoms with Crippen LogP contribution in [0.4, 0.5) is 8.78 Å². The maximum Gasteiger partial charge on any atom is 0.257 e. The van der Waals surface area contributed by atoms with Gasteiger partial charge in [0.05, 0.1) is 17.5 Å². The lowest BCUT2D eigenvalue weighted by Crippen LogP contribution is -2.50. The van der Waals surface area contributed by atoms with Gasteiger partial charge in [0.25, 0.3) is 5.91 Å². The summed E-state index contributed by atoms with van der Waals surface area (Å²) in [5.74, 6) is -1.51. The Bertz CT molecular complexity index is 1170. The molecule has 1 saturated heterocycles. The van der Waals surface area contributed by atoms with Gasteiger partial charge in [-0.05, 0) is 36.4 Å². The second-order valence-electron chi connectivity index (χ2n) is 6.79. The molecule has 0 radical (unpaired) electrons. The molecule has 1 N–H and O–H groups in total. The van der Waals surface area contributed by atoms with Crippen molar-refractivity contribution in [2.75, 3.05) is 26.2 Å². The van der Waals surface area contributed by atoms with E-state index in [0.717, 1.165) is 6.07 Å². The monoisotopic (exact) mass is 432 g/mol. The Morgan fingerprint density at radius 1 is 0.967 bits per heavy atom. The quantitative estimate of drug-likeness (QED) is 0.686. The van der Waals surface area contributed by atoms with Gasteiger partial charge in [-0.3, -0.25) is 9.89 Å². The number of benzene rings is 2. The summed E-state index contributed by atoms with van der Waals surface area (Å²) in [6.45, 7) is 0.402. The summed E-state index contributed by atoms with van der Waals surface area (Å²) in [4.78, 5) is 14.1. The van der Waals surface area contributed by atoms with Crippen LogP contribution in [0, 0.1) is 11.6 Å². The molecule has 0 atom stereocenters. The van der Waals surface area contributed by atoms with E-state index in [1.807, 2.05) is 0 Å². The Morgan fingerprint density at radius 3 is 2.30 bits per heavy atom. The number of hydrogen-bond acceptors (Lipinski definition) is 4. The van der Waals surface area contributed by atoms with Crippen LogP contribution < -0.4 is 0 Å². The highest BCUT2D eigenvalue weighted by molar-refractivity contribution is 7.89. The van der Waals surface area contributed by atoms with E-state index < -0.39 is 21.7 Å². The Morgan fingerprint density at radius 2 is 1.63 bits per heavy atom. The molecule has 1 fully saturated rings. The predicted molar refractivity (Wildman–Crippen MR) is 105 cm³/mol. The van der Waals surface area contributed by atoms with Gasteiger partial charge in [-0.15, -0.1) is 0 Å². The first-order chi connectivity index (χ1) is 14.4. The highest BCUT2D eigenvalue weighted by Crippen LogP contribution is 2.24. The van der Waals surface area contributed by atoms with Crippen molar-refractivity contribution in [1.29, 1.82) is 0 Å². The normalized spacial score (nSPS) is 15.3. The third-order valence-electron chi connectivity index (χ3n) is 4.98. The zero-order valence-electron chi connectivity index (χ0n) is 15.8. The number of nitrogens with one attached hydrogen (secondary N) is 1. The predicted octanol–water partition coefficient (Wildman–Crippen LogP) is 2.50. The number of sulfonamides is 1. The molecule has 0 spiro atoms. The highest BCUT2D eigenvalue weighted by Gasteiger charge is 2.32. The van der Waals surface area contributed by atoms with Gasteiger partial charge in [-0.25, -0.2) is 17.2 Å². The number of nitrogens with zero attached hydrogens (tertiary/aromatic N) is 3. The fourth-order valence-corrected chi connectivity index (χ4v) is 4.87. The van der Waals surface area contributed by atoms with E-state index in [9.17, 15) is 22.0 Å². The molecular weight excluding hydrogens is 414 g/mol. The summed E-state index contributed by atoms with van der Waals surface area (Å²) in [7, 11) is -3.98. The Kier molecular flexibility index (Phi) is 5.35. The first kappa shape index (κ1) is 20.2. The molecule has 1 aliphatic heterocycles. The van der Waals surface area contributed by atoms with Crippen LogP contribution in [0.5, 0.6) is 0 Å². The smallest absolute Gasteiger partial charge is 0.257 e. The van der Waals surface area contributed by atoms with Gasteiger partial charge in [0.1, 0.15) is 16.5 Å². The summed E-state index contributed by atoms with van der Waals surface area (Å²) in [5, 5.41) is 6.68. The molecule has 0 unspecified atom stereocenters. The largest absolute Gasteiger partial charge is 0.336 e. The van der Waals surface area contributed by atoms with Crippen LogP contribution in [0.15, 0.2) is 59.6 Å². The molecule has 7 nitrogen and oxygen atoms in total. The van der Waals surface area contributed by atoms with Gasteiger partial charge in [-0.2, -0.15) is 9.40 Å². The maximum absolute atomic E-state index is 14.0. The number of aromatic nitrogens is 2. The second kappa shape index (κ2) is 7.96. The van der Waals surface area contributed by atoms with Crippen molar-refractivity contribution < 1.29 is 22.0 Å². The molecule has 30 heavy (non-hydrogen) atoms. The number of carbonyl (C=O) groups is 1. The Balaban J connectivity index is 1.49. The third kappa shape index (κ3) is 3.71. The van der Waals surface area contributed by atoms with Gasteiger partial charge in [0.15, 0.2) is 0 Å². The van der Waals surface area contributed by atoms with E-state index in [4.69, 9.17) is 0 Å². The summed E-state index contributed by atoms with van der Waals surface area (Å²) < 4.78 is 53.7. The standard InChI is InChI=1S/C20H18F2N4O3S/c21-15-7-5-14(6-8-15)19-16(13-23-24-19)20(27)25-9-11-26(12-10-25)30(28,29)18-4-2-1-3-17(18)22/h1-8,13H,9-12H2,(H,23,24). The molecule has 1 amide bonds. The minimum atomic E-state index is -3.98. The Labute approximate surface area is 172 Å². The SMILES string of the molecule is O=C(c1cn[nH]c1-c1ccc(F)cc1)N1CCN(S(=O)(=O)c2ccccc2F)CC1. The van der Waals surface area contributed by atoms with Gasteiger partial charge >= 0.3 is 0 Å². The summed E-state index contributed by atoms with van der Waals surface area (Å²) >= 11 is 0. The van der Waals surface area contributed by atoms with Gasteiger partial charge < -0.3 is 4.90 Å². The molecular formula is C20H18F2N4O3S. The molecule has 1 aliphatic rings. The first-order valence-electron chi connectivity index (χ1n) is 9.21. The number of amides is 1. The summed E-state index contributed by atoms with van der Waals surface area (Å²) in [5.41, 5.74) is 1.38. The minimum Gasteiger partial charge on any atom is -0.336 e. The minimum absolute atomic E-state index is 0.0478. The van der Waals surface area contributed by atoms with Crippen LogP contribution in [0.2, 0.25) is 0 Å². The average Bonchev–Trinajstić information content (AvgIpc) is 3.24. The lowest BCUT2D eigenvalue weighted by molar-refractivity contribution is 0.0698. The molecule has 2 aromatic carbocycles. The van der Waals surface area contributed by atoms with Crippen molar-refractivity contribution in [3.05, 3.63) is 71.9 Å². The van der Waals surface area contributed by atoms with Gasteiger partial charge in [0, 0.05) is 31.7 Å². The molecule has 3 aromatic rings. The number of piperazine rings is 1. The molecule has 4 rings (SSSR count). The number of rotatable bonds is 4. The molecule has 10 heteroatoms. The molecule has 156 valence electrons.